The van der Waals surface area contributed by atoms with Crippen molar-refractivity contribution < 1.29 is 4.79 Å². The fraction of sp³-hybridized carbons (Fsp3) is 0.727. The van der Waals surface area contributed by atoms with Crippen LogP contribution in [0.15, 0.2) is 0 Å². The number of terminal acetylenes is 1. The molecule has 2 aliphatic heterocycles. The van der Waals surface area contributed by atoms with Crippen LogP contribution in [0, 0.1) is 12.3 Å². The molecule has 1 amide bonds. The van der Waals surface area contributed by atoms with Crippen molar-refractivity contribution >= 4 is 5.91 Å². The Labute approximate surface area is 84.6 Å². The zero-order chi connectivity index (χ0) is 9.97. The summed E-state index contributed by atoms with van der Waals surface area (Å²) < 4.78 is 0. The molecule has 0 saturated carbocycles. The molecule has 0 aliphatic carbocycles. The van der Waals surface area contributed by atoms with Crippen LogP contribution in [0.2, 0.25) is 0 Å². The van der Waals surface area contributed by atoms with Crippen molar-refractivity contribution in [2.75, 3.05) is 0 Å². The number of piperidine rings is 1. The van der Waals surface area contributed by atoms with Gasteiger partial charge in [-0.15, -0.1) is 6.42 Å². The van der Waals surface area contributed by atoms with Crippen LogP contribution in [-0.4, -0.2) is 24.0 Å². The second-order valence-corrected chi connectivity index (χ2v) is 4.25. The van der Waals surface area contributed by atoms with Crippen molar-refractivity contribution in [2.45, 2.75) is 50.2 Å². The molecule has 3 heteroatoms. The van der Waals surface area contributed by atoms with E-state index in [2.05, 4.69) is 16.6 Å². The Kier molecular flexibility index (Phi) is 2.74. The van der Waals surface area contributed by atoms with Crippen LogP contribution in [0.1, 0.15) is 32.1 Å². The van der Waals surface area contributed by atoms with Gasteiger partial charge in [-0.05, 0) is 25.7 Å². The SMILES string of the molecule is C#CCC(=O)NC1CC2CCC(C1)N2. The van der Waals surface area contributed by atoms with Crippen LogP contribution >= 0.6 is 0 Å². The van der Waals surface area contributed by atoms with E-state index in [0.29, 0.717) is 18.1 Å². The van der Waals surface area contributed by atoms with Gasteiger partial charge in [0, 0.05) is 18.1 Å². The summed E-state index contributed by atoms with van der Waals surface area (Å²) in [5.41, 5.74) is 0. The minimum absolute atomic E-state index is 0.00111. The normalized spacial score (nSPS) is 34.9. The minimum atomic E-state index is -0.00111. The van der Waals surface area contributed by atoms with Crippen LogP contribution in [-0.2, 0) is 4.79 Å². The molecule has 2 N–H and O–H groups in total. The average molecular weight is 192 g/mol. The van der Waals surface area contributed by atoms with E-state index in [1.54, 1.807) is 0 Å². The van der Waals surface area contributed by atoms with Gasteiger partial charge in [0.1, 0.15) is 0 Å². The third-order valence-corrected chi connectivity index (χ3v) is 3.10. The quantitative estimate of drug-likeness (QED) is 0.622. The molecule has 3 nitrogen and oxygen atoms in total. The van der Waals surface area contributed by atoms with Gasteiger partial charge in [0.05, 0.1) is 6.42 Å². The van der Waals surface area contributed by atoms with Gasteiger partial charge in [-0.1, -0.05) is 5.92 Å². The van der Waals surface area contributed by atoms with Gasteiger partial charge in [0.2, 0.25) is 5.91 Å². The number of nitrogens with one attached hydrogen (secondary N) is 2. The molecule has 2 saturated heterocycles. The number of amides is 1. The summed E-state index contributed by atoms with van der Waals surface area (Å²) in [7, 11) is 0. The van der Waals surface area contributed by atoms with E-state index in [1.165, 1.54) is 12.8 Å². The molecular formula is C11H16N2O. The largest absolute Gasteiger partial charge is 0.352 e. The van der Waals surface area contributed by atoms with Crippen LogP contribution in [0.25, 0.3) is 0 Å². The van der Waals surface area contributed by atoms with Gasteiger partial charge in [-0.25, -0.2) is 0 Å². The van der Waals surface area contributed by atoms with Gasteiger partial charge in [-0.2, -0.15) is 0 Å². The average Bonchev–Trinajstić information content (AvgIpc) is 2.46. The van der Waals surface area contributed by atoms with E-state index in [0.717, 1.165) is 12.8 Å². The maximum absolute atomic E-state index is 11.3. The molecule has 76 valence electrons. The first-order valence-electron chi connectivity index (χ1n) is 5.27. The second-order valence-electron chi connectivity index (χ2n) is 4.25. The first kappa shape index (κ1) is 9.54. The number of hydrogen-bond acceptors (Lipinski definition) is 2. The van der Waals surface area contributed by atoms with E-state index < -0.39 is 0 Å². The lowest BCUT2D eigenvalue weighted by atomic mass is 10.00. The van der Waals surface area contributed by atoms with Gasteiger partial charge in [0.25, 0.3) is 0 Å². The Bertz CT molecular complexity index is 257. The Hall–Kier alpha value is -1.01. The topological polar surface area (TPSA) is 41.1 Å². The molecular weight excluding hydrogens is 176 g/mol. The van der Waals surface area contributed by atoms with Crippen LogP contribution in [0.3, 0.4) is 0 Å². The number of rotatable bonds is 2. The van der Waals surface area contributed by atoms with E-state index >= 15 is 0 Å². The van der Waals surface area contributed by atoms with E-state index in [1.807, 2.05) is 0 Å². The molecule has 0 aromatic rings. The molecule has 2 atom stereocenters. The summed E-state index contributed by atoms with van der Waals surface area (Å²) in [4.78, 5) is 11.3. The smallest absolute Gasteiger partial charge is 0.232 e. The summed E-state index contributed by atoms with van der Waals surface area (Å²) in [5.74, 6) is 2.37. The zero-order valence-corrected chi connectivity index (χ0v) is 8.25. The molecule has 14 heavy (non-hydrogen) atoms. The summed E-state index contributed by atoms with van der Waals surface area (Å²) in [6.07, 6.45) is 9.92. The molecule has 2 rings (SSSR count). The molecule has 0 aromatic carbocycles. The second kappa shape index (κ2) is 4.02. The molecule has 0 spiro atoms. The zero-order valence-electron chi connectivity index (χ0n) is 8.25. The predicted octanol–water partition coefficient (Wildman–Crippen LogP) is 0.409. The molecule has 2 aliphatic rings. The minimum Gasteiger partial charge on any atom is -0.352 e. The number of carbonyl (C=O) groups is 1. The van der Waals surface area contributed by atoms with Gasteiger partial charge in [-0.3, -0.25) is 4.79 Å². The summed E-state index contributed by atoms with van der Waals surface area (Å²) in [6.45, 7) is 0. The van der Waals surface area contributed by atoms with Crippen molar-refractivity contribution in [3.8, 4) is 12.3 Å². The number of fused-ring (bicyclic) bond motifs is 2. The maximum atomic E-state index is 11.3. The maximum Gasteiger partial charge on any atom is 0.232 e. The monoisotopic (exact) mass is 192 g/mol. The van der Waals surface area contributed by atoms with Crippen molar-refractivity contribution in [1.82, 2.24) is 10.6 Å². The molecule has 2 heterocycles. The summed E-state index contributed by atoms with van der Waals surface area (Å²) in [6, 6.07) is 1.57. The Balaban J connectivity index is 1.82. The van der Waals surface area contributed by atoms with E-state index in [9.17, 15) is 4.79 Å². The number of hydrogen-bond donors (Lipinski definition) is 2. The van der Waals surface area contributed by atoms with Crippen molar-refractivity contribution in [1.29, 1.82) is 0 Å². The highest BCUT2D eigenvalue weighted by molar-refractivity contribution is 5.78. The van der Waals surface area contributed by atoms with Crippen LogP contribution < -0.4 is 10.6 Å². The first-order chi connectivity index (χ1) is 6.78. The molecule has 0 radical (unpaired) electrons. The van der Waals surface area contributed by atoms with E-state index in [-0.39, 0.29) is 12.3 Å². The molecule has 2 unspecified atom stereocenters. The summed E-state index contributed by atoms with van der Waals surface area (Å²) >= 11 is 0. The standard InChI is InChI=1S/C11H16N2O/c1-2-3-11(14)13-10-6-8-4-5-9(7-10)12-8/h1,8-10,12H,3-7H2,(H,13,14). The Morgan fingerprint density at radius 2 is 2.07 bits per heavy atom. The fourth-order valence-electron chi connectivity index (χ4n) is 2.55. The van der Waals surface area contributed by atoms with Crippen molar-refractivity contribution in [2.24, 2.45) is 0 Å². The molecule has 0 aromatic heterocycles. The third kappa shape index (κ3) is 2.08. The predicted molar refractivity (Wildman–Crippen MR) is 54.6 cm³/mol. The fourth-order valence-corrected chi connectivity index (χ4v) is 2.55. The van der Waals surface area contributed by atoms with Crippen LogP contribution in [0.4, 0.5) is 0 Å². The third-order valence-electron chi connectivity index (χ3n) is 3.10. The van der Waals surface area contributed by atoms with E-state index in [4.69, 9.17) is 6.42 Å². The lowest BCUT2D eigenvalue weighted by Gasteiger charge is -2.29. The van der Waals surface area contributed by atoms with Gasteiger partial charge in [0.15, 0.2) is 0 Å². The Morgan fingerprint density at radius 1 is 1.43 bits per heavy atom. The number of carbonyl (C=O) groups excluding carboxylic acids is 1. The van der Waals surface area contributed by atoms with Gasteiger partial charge < -0.3 is 10.6 Å². The Morgan fingerprint density at radius 3 is 2.64 bits per heavy atom. The first-order valence-corrected chi connectivity index (χ1v) is 5.27. The highest BCUT2D eigenvalue weighted by Gasteiger charge is 2.33. The highest BCUT2D eigenvalue weighted by atomic mass is 16.1. The van der Waals surface area contributed by atoms with Crippen molar-refractivity contribution in [3.05, 3.63) is 0 Å². The molecule has 2 bridgehead atoms. The summed E-state index contributed by atoms with van der Waals surface area (Å²) in [5, 5.41) is 6.53. The van der Waals surface area contributed by atoms with Crippen LogP contribution in [0.5, 0.6) is 0 Å². The molecule has 2 fully saturated rings. The lowest BCUT2D eigenvalue weighted by Crippen LogP contribution is -2.47. The lowest BCUT2D eigenvalue weighted by molar-refractivity contribution is -0.121. The van der Waals surface area contributed by atoms with Crippen molar-refractivity contribution in [3.63, 3.8) is 0 Å². The highest BCUT2D eigenvalue weighted by Crippen LogP contribution is 2.26. The van der Waals surface area contributed by atoms with Gasteiger partial charge >= 0.3 is 0 Å².